The van der Waals surface area contributed by atoms with E-state index < -0.39 is 5.54 Å². The highest BCUT2D eigenvalue weighted by Gasteiger charge is 2.30. The average Bonchev–Trinajstić information content (AvgIpc) is 2.25. The van der Waals surface area contributed by atoms with Crippen molar-refractivity contribution in [3.8, 4) is 11.5 Å². The molecule has 0 radical (unpaired) electrons. The van der Waals surface area contributed by atoms with E-state index in [2.05, 4.69) is 29.8 Å². The first-order chi connectivity index (χ1) is 8.32. The van der Waals surface area contributed by atoms with E-state index in [0.29, 0.717) is 19.1 Å². The van der Waals surface area contributed by atoms with Crippen LogP contribution in [0.2, 0.25) is 0 Å². The third kappa shape index (κ3) is 2.36. The van der Waals surface area contributed by atoms with Crippen molar-refractivity contribution < 1.29 is 9.47 Å². The molecular formula is C14H20BrNO2. The van der Waals surface area contributed by atoms with Gasteiger partial charge in [-0.2, -0.15) is 0 Å². The van der Waals surface area contributed by atoms with E-state index in [-0.39, 0.29) is 0 Å². The van der Waals surface area contributed by atoms with Crippen LogP contribution >= 0.6 is 15.9 Å². The molecule has 3 nitrogen and oxygen atoms in total. The Morgan fingerprint density at radius 3 is 2.44 bits per heavy atom. The minimum atomic E-state index is -0.422. The van der Waals surface area contributed by atoms with Crippen molar-refractivity contribution >= 4 is 15.9 Å². The molecule has 0 saturated carbocycles. The van der Waals surface area contributed by atoms with Crippen LogP contribution in [0.25, 0.3) is 0 Å². The van der Waals surface area contributed by atoms with Crippen LogP contribution in [0.4, 0.5) is 0 Å². The molecule has 0 saturated heterocycles. The van der Waals surface area contributed by atoms with Crippen molar-refractivity contribution in [1.82, 2.24) is 0 Å². The second kappa shape index (κ2) is 4.74. The zero-order chi connectivity index (χ0) is 13.5. The molecule has 1 aromatic rings. The lowest BCUT2D eigenvalue weighted by molar-refractivity contribution is 0.168. The molecule has 1 aliphatic rings. The molecule has 0 fully saturated rings. The molecule has 100 valence electrons. The van der Waals surface area contributed by atoms with E-state index in [1.165, 1.54) is 0 Å². The standard InChI is InChI=1S/C14H20BrNO2/c1-8(2)11-12(14(3,4)16)9(15)7-10-13(11)18-6-5-17-10/h7-8H,5-6,16H2,1-4H3. The Morgan fingerprint density at radius 2 is 1.89 bits per heavy atom. The summed E-state index contributed by atoms with van der Waals surface area (Å²) in [5.41, 5.74) is 8.12. The summed E-state index contributed by atoms with van der Waals surface area (Å²) in [6.07, 6.45) is 0. The Hall–Kier alpha value is -0.740. The molecule has 0 atom stereocenters. The molecule has 1 heterocycles. The number of hydrogen-bond donors (Lipinski definition) is 1. The first-order valence-corrected chi connectivity index (χ1v) is 7.03. The van der Waals surface area contributed by atoms with Gasteiger partial charge in [0.1, 0.15) is 13.2 Å². The number of benzene rings is 1. The summed E-state index contributed by atoms with van der Waals surface area (Å²) in [7, 11) is 0. The van der Waals surface area contributed by atoms with E-state index in [9.17, 15) is 0 Å². The van der Waals surface area contributed by atoms with Crippen LogP contribution in [0.3, 0.4) is 0 Å². The Labute approximate surface area is 117 Å². The Morgan fingerprint density at radius 1 is 1.28 bits per heavy atom. The van der Waals surface area contributed by atoms with Crippen LogP contribution in [-0.4, -0.2) is 13.2 Å². The van der Waals surface area contributed by atoms with Gasteiger partial charge in [0.25, 0.3) is 0 Å². The van der Waals surface area contributed by atoms with Crippen molar-refractivity contribution in [1.29, 1.82) is 0 Å². The molecule has 0 aromatic heterocycles. The molecule has 0 spiro atoms. The van der Waals surface area contributed by atoms with Gasteiger partial charge >= 0.3 is 0 Å². The fourth-order valence-corrected chi connectivity index (χ4v) is 3.32. The van der Waals surface area contributed by atoms with E-state index >= 15 is 0 Å². The first kappa shape index (κ1) is 13.7. The van der Waals surface area contributed by atoms with Crippen LogP contribution in [0.15, 0.2) is 10.5 Å². The summed E-state index contributed by atoms with van der Waals surface area (Å²) in [6.45, 7) is 9.51. The van der Waals surface area contributed by atoms with Gasteiger partial charge < -0.3 is 15.2 Å². The first-order valence-electron chi connectivity index (χ1n) is 6.23. The molecule has 18 heavy (non-hydrogen) atoms. The lowest BCUT2D eigenvalue weighted by atomic mass is 9.85. The van der Waals surface area contributed by atoms with Crippen LogP contribution in [0.1, 0.15) is 44.7 Å². The van der Waals surface area contributed by atoms with Gasteiger partial charge in [0.2, 0.25) is 0 Å². The predicted molar refractivity (Wildman–Crippen MR) is 76.4 cm³/mol. The fourth-order valence-electron chi connectivity index (χ4n) is 2.38. The largest absolute Gasteiger partial charge is 0.486 e. The van der Waals surface area contributed by atoms with Crippen molar-refractivity contribution in [3.63, 3.8) is 0 Å². The van der Waals surface area contributed by atoms with Crippen LogP contribution in [0, 0.1) is 0 Å². The summed E-state index contributed by atoms with van der Waals surface area (Å²) >= 11 is 3.61. The highest BCUT2D eigenvalue weighted by atomic mass is 79.9. The number of rotatable bonds is 2. The zero-order valence-electron chi connectivity index (χ0n) is 11.3. The molecule has 4 heteroatoms. The van der Waals surface area contributed by atoms with Gasteiger partial charge in [-0.15, -0.1) is 0 Å². The topological polar surface area (TPSA) is 44.5 Å². The predicted octanol–water partition coefficient (Wildman–Crippen LogP) is 3.54. The van der Waals surface area contributed by atoms with Gasteiger partial charge in [0, 0.05) is 15.6 Å². The molecule has 0 unspecified atom stereocenters. The molecule has 2 N–H and O–H groups in total. The molecule has 0 aliphatic carbocycles. The normalized spacial score (nSPS) is 15.1. The van der Waals surface area contributed by atoms with Gasteiger partial charge in [-0.1, -0.05) is 29.8 Å². The summed E-state index contributed by atoms with van der Waals surface area (Å²) in [6, 6.07) is 1.96. The molecule has 2 rings (SSSR count). The third-order valence-electron chi connectivity index (χ3n) is 3.04. The maximum atomic E-state index is 6.30. The maximum Gasteiger partial charge on any atom is 0.165 e. The van der Waals surface area contributed by atoms with Gasteiger partial charge in [-0.05, 0) is 31.4 Å². The number of nitrogens with two attached hydrogens (primary N) is 1. The molecule has 0 bridgehead atoms. The molecule has 0 amide bonds. The Balaban J connectivity index is 2.73. The van der Waals surface area contributed by atoms with Crippen LogP contribution in [-0.2, 0) is 5.54 Å². The third-order valence-corrected chi connectivity index (χ3v) is 3.67. The number of fused-ring (bicyclic) bond motifs is 1. The minimum absolute atomic E-state index is 0.329. The van der Waals surface area contributed by atoms with E-state index in [0.717, 1.165) is 27.1 Å². The second-order valence-corrected chi connectivity index (χ2v) is 6.40. The van der Waals surface area contributed by atoms with Crippen molar-refractivity contribution in [2.75, 3.05) is 13.2 Å². The van der Waals surface area contributed by atoms with E-state index in [1.807, 2.05) is 19.9 Å². The summed E-state index contributed by atoms with van der Waals surface area (Å²) in [5.74, 6) is 1.99. The smallest absolute Gasteiger partial charge is 0.165 e. The molecule has 1 aromatic carbocycles. The monoisotopic (exact) mass is 313 g/mol. The number of ether oxygens (including phenoxy) is 2. The van der Waals surface area contributed by atoms with Gasteiger partial charge in [-0.25, -0.2) is 0 Å². The molecule has 1 aliphatic heterocycles. The lowest BCUT2D eigenvalue weighted by Gasteiger charge is -2.31. The van der Waals surface area contributed by atoms with Gasteiger partial charge in [-0.3, -0.25) is 0 Å². The lowest BCUT2D eigenvalue weighted by Crippen LogP contribution is -2.32. The maximum absolute atomic E-state index is 6.30. The highest BCUT2D eigenvalue weighted by Crippen LogP contribution is 2.46. The van der Waals surface area contributed by atoms with Crippen LogP contribution < -0.4 is 15.2 Å². The van der Waals surface area contributed by atoms with Crippen molar-refractivity contribution in [2.24, 2.45) is 5.73 Å². The summed E-state index contributed by atoms with van der Waals surface area (Å²) in [5, 5.41) is 0. The van der Waals surface area contributed by atoms with Crippen molar-refractivity contribution in [3.05, 3.63) is 21.7 Å². The van der Waals surface area contributed by atoms with Gasteiger partial charge in [0.05, 0.1) is 0 Å². The summed E-state index contributed by atoms with van der Waals surface area (Å²) < 4.78 is 12.5. The van der Waals surface area contributed by atoms with Crippen molar-refractivity contribution in [2.45, 2.75) is 39.2 Å². The van der Waals surface area contributed by atoms with Crippen LogP contribution in [0.5, 0.6) is 11.5 Å². The Bertz CT molecular complexity index is 464. The number of halogens is 1. The Kier molecular flexibility index (Phi) is 3.60. The highest BCUT2D eigenvalue weighted by molar-refractivity contribution is 9.10. The minimum Gasteiger partial charge on any atom is -0.486 e. The SMILES string of the molecule is CC(C)c1c2c(cc(Br)c1C(C)(C)N)OCCO2. The van der Waals surface area contributed by atoms with Gasteiger partial charge in [0.15, 0.2) is 11.5 Å². The number of hydrogen-bond acceptors (Lipinski definition) is 3. The van der Waals surface area contributed by atoms with E-state index in [4.69, 9.17) is 15.2 Å². The summed E-state index contributed by atoms with van der Waals surface area (Å²) in [4.78, 5) is 0. The zero-order valence-corrected chi connectivity index (χ0v) is 12.9. The van der Waals surface area contributed by atoms with E-state index in [1.54, 1.807) is 0 Å². The fraction of sp³-hybridized carbons (Fsp3) is 0.571. The quantitative estimate of drug-likeness (QED) is 0.908. The average molecular weight is 314 g/mol. The second-order valence-electron chi connectivity index (χ2n) is 5.55. The molecular weight excluding hydrogens is 294 g/mol.